The average molecular weight is 342 g/mol. The zero-order chi connectivity index (χ0) is 16.1. The van der Waals surface area contributed by atoms with Gasteiger partial charge in [-0.3, -0.25) is 5.10 Å². The number of rotatable bonds is 2. The first-order valence-electron chi connectivity index (χ1n) is 7.47. The summed E-state index contributed by atoms with van der Waals surface area (Å²) < 4.78 is 13.0. The topological polar surface area (TPSA) is 76.5 Å². The minimum absolute atomic E-state index is 0.547. The van der Waals surface area contributed by atoms with E-state index in [2.05, 4.69) is 20.4 Å². The first kappa shape index (κ1) is 13.5. The minimum Gasteiger partial charge on any atom is -0.486 e. The molecule has 0 fully saturated rings. The van der Waals surface area contributed by atoms with Crippen molar-refractivity contribution in [3.63, 3.8) is 0 Å². The Morgan fingerprint density at radius 1 is 1.08 bits per heavy atom. The number of aromatic amines is 1. The van der Waals surface area contributed by atoms with Crippen LogP contribution in [0.2, 0.25) is 5.02 Å². The Kier molecular flexibility index (Phi) is 2.83. The summed E-state index contributed by atoms with van der Waals surface area (Å²) in [5.74, 6) is 2.58. The average Bonchev–Trinajstić information content (AvgIpc) is 3.10. The third-order valence-electron chi connectivity index (χ3n) is 3.82. The number of hydrogen-bond acceptors (Lipinski definition) is 5. The lowest BCUT2D eigenvalue weighted by Crippen LogP contribution is -2.15. The van der Waals surface area contributed by atoms with Gasteiger partial charge in [0.05, 0.1) is 11.0 Å². The minimum atomic E-state index is 0.547. The molecule has 7 nitrogen and oxygen atoms in total. The zero-order valence-corrected chi connectivity index (χ0v) is 13.2. The number of fused-ring (bicyclic) bond motifs is 4. The predicted octanol–water partition coefficient (Wildman–Crippen LogP) is 3.38. The Morgan fingerprint density at radius 2 is 1.92 bits per heavy atom. The van der Waals surface area contributed by atoms with Gasteiger partial charge in [-0.1, -0.05) is 17.7 Å². The number of anilines is 2. The molecule has 0 amide bonds. The van der Waals surface area contributed by atoms with Crippen molar-refractivity contribution in [3.8, 4) is 11.5 Å². The van der Waals surface area contributed by atoms with Crippen molar-refractivity contribution in [1.82, 2.24) is 19.6 Å². The molecule has 1 aliphatic rings. The summed E-state index contributed by atoms with van der Waals surface area (Å²) in [5.41, 5.74) is 2.52. The molecular weight excluding hydrogens is 330 g/mol. The van der Waals surface area contributed by atoms with E-state index in [9.17, 15) is 0 Å². The summed E-state index contributed by atoms with van der Waals surface area (Å²) in [5, 5.41) is 7.02. The Morgan fingerprint density at radius 3 is 2.75 bits per heavy atom. The SMILES string of the molecule is Clc1cccc(Nc2nc3nc4cc5c(cc4n3[nH]2)OCCO5)c1. The smallest absolute Gasteiger partial charge is 0.253 e. The van der Waals surface area contributed by atoms with E-state index in [4.69, 9.17) is 21.1 Å². The van der Waals surface area contributed by atoms with Gasteiger partial charge in [-0.2, -0.15) is 4.98 Å². The van der Waals surface area contributed by atoms with E-state index in [0.717, 1.165) is 22.5 Å². The van der Waals surface area contributed by atoms with Crippen molar-refractivity contribution >= 4 is 40.0 Å². The monoisotopic (exact) mass is 341 g/mol. The molecule has 5 rings (SSSR count). The highest BCUT2D eigenvalue weighted by Gasteiger charge is 2.17. The molecule has 0 saturated carbocycles. The molecular formula is C16H12ClN5O2. The summed E-state index contributed by atoms with van der Waals surface area (Å²) in [4.78, 5) is 8.98. The van der Waals surface area contributed by atoms with Gasteiger partial charge >= 0.3 is 0 Å². The van der Waals surface area contributed by atoms with E-state index in [1.807, 2.05) is 36.4 Å². The second-order valence-corrected chi connectivity index (χ2v) is 5.88. The van der Waals surface area contributed by atoms with Gasteiger partial charge < -0.3 is 14.8 Å². The normalized spacial score (nSPS) is 13.5. The van der Waals surface area contributed by atoms with Gasteiger partial charge in [0, 0.05) is 22.8 Å². The summed E-state index contributed by atoms with van der Waals surface area (Å²) in [6.45, 7) is 1.10. The Labute approximate surface area is 141 Å². The third-order valence-corrected chi connectivity index (χ3v) is 4.05. The maximum Gasteiger partial charge on any atom is 0.253 e. The van der Waals surface area contributed by atoms with E-state index >= 15 is 0 Å². The van der Waals surface area contributed by atoms with Gasteiger partial charge in [-0.15, -0.1) is 0 Å². The van der Waals surface area contributed by atoms with Crippen LogP contribution in [0.4, 0.5) is 11.6 Å². The van der Waals surface area contributed by atoms with E-state index in [-0.39, 0.29) is 0 Å². The molecule has 8 heteroatoms. The number of ether oxygens (including phenoxy) is 2. The van der Waals surface area contributed by atoms with Crippen LogP contribution in [-0.2, 0) is 0 Å². The molecule has 0 radical (unpaired) electrons. The molecule has 2 aromatic carbocycles. The number of imidazole rings is 1. The van der Waals surface area contributed by atoms with Crippen molar-refractivity contribution in [1.29, 1.82) is 0 Å². The van der Waals surface area contributed by atoms with Gasteiger partial charge in [0.25, 0.3) is 5.78 Å². The largest absolute Gasteiger partial charge is 0.486 e. The fourth-order valence-electron chi connectivity index (χ4n) is 2.78. The van der Waals surface area contributed by atoms with Crippen LogP contribution in [0, 0.1) is 0 Å². The highest BCUT2D eigenvalue weighted by Crippen LogP contribution is 2.34. The van der Waals surface area contributed by atoms with Gasteiger partial charge in [0.15, 0.2) is 11.5 Å². The first-order valence-corrected chi connectivity index (χ1v) is 7.84. The summed E-state index contributed by atoms with van der Waals surface area (Å²) in [6, 6.07) is 11.2. The van der Waals surface area contributed by atoms with Crippen LogP contribution in [0.1, 0.15) is 0 Å². The Hall–Kier alpha value is -2.93. The first-order chi connectivity index (χ1) is 11.8. The summed E-state index contributed by atoms with van der Waals surface area (Å²) in [7, 11) is 0. The number of nitrogens with one attached hydrogen (secondary N) is 2. The van der Waals surface area contributed by atoms with E-state index in [0.29, 0.717) is 35.7 Å². The fraction of sp³-hybridized carbons (Fsp3) is 0.125. The van der Waals surface area contributed by atoms with Gasteiger partial charge in [0.1, 0.15) is 13.2 Å². The van der Waals surface area contributed by atoms with Crippen LogP contribution in [-0.4, -0.2) is 32.8 Å². The maximum absolute atomic E-state index is 6.00. The number of nitrogens with zero attached hydrogens (tertiary/aromatic N) is 3. The maximum atomic E-state index is 6.00. The molecule has 0 unspecified atom stereocenters. The van der Waals surface area contributed by atoms with Crippen LogP contribution in [0.25, 0.3) is 16.8 Å². The van der Waals surface area contributed by atoms with Crippen LogP contribution in [0.5, 0.6) is 11.5 Å². The van der Waals surface area contributed by atoms with Gasteiger partial charge in [0.2, 0.25) is 5.95 Å². The zero-order valence-electron chi connectivity index (χ0n) is 12.4. The van der Waals surface area contributed by atoms with Crippen molar-refractivity contribution < 1.29 is 9.47 Å². The molecule has 0 saturated heterocycles. The molecule has 0 bridgehead atoms. The number of halogens is 1. The molecule has 2 N–H and O–H groups in total. The van der Waals surface area contributed by atoms with Crippen LogP contribution >= 0.6 is 11.6 Å². The van der Waals surface area contributed by atoms with Crippen molar-refractivity contribution in [2.45, 2.75) is 0 Å². The second-order valence-electron chi connectivity index (χ2n) is 5.44. The molecule has 0 atom stereocenters. The quantitative estimate of drug-likeness (QED) is 0.584. The van der Waals surface area contributed by atoms with Crippen LogP contribution in [0.3, 0.4) is 0 Å². The molecule has 0 spiro atoms. The lowest BCUT2D eigenvalue weighted by atomic mass is 10.2. The highest BCUT2D eigenvalue weighted by molar-refractivity contribution is 6.30. The lowest BCUT2D eigenvalue weighted by molar-refractivity contribution is 0.172. The van der Waals surface area contributed by atoms with E-state index in [1.54, 1.807) is 4.52 Å². The fourth-order valence-corrected chi connectivity index (χ4v) is 2.97. The Bertz CT molecular complexity index is 1070. The summed E-state index contributed by atoms with van der Waals surface area (Å²) in [6.07, 6.45) is 0. The predicted molar refractivity (Wildman–Crippen MR) is 90.6 cm³/mol. The van der Waals surface area contributed by atoms with Crippen LogP contribution in [0.15, 0.2) is 36.4 Å². The molecule has 1 aliphatic heterocycles. The number of H-pyrrole nitrogens is 1. The Balaban J connectivity index is 1.58. The van der Waals surface area contributed by atoms with Gasteiger partial charge in [-0.25, -0.2) is 9.50 Å². The number of benzene rings is 2. The van der Waals surface area contributed by atoms with Crippen LogP contribution < -0.4 is 14.8 Å². The lowest BCUT2D eigenvalue weighted by Gasteiger charge is -2.17. The molecule has 4 aromatic rings. The van der Waals surface area contributed by atoms with E-state index in [1.165, 1.54) is 0 Å². The molecule has 120 valence electrons. The molecule has 3 heterocycles. The molecule has 2 aromatic heterocycles. The summed E-state index contributed by atoms with van der Waals surface area (Å²) >= 11 is 6.00. The standard InChI is InChI=1S/C16H12ClN5O2/c17-9-2-1-3-10(6-9)18-15-20-16-19-11-7-13-14(24-5-4-23-13)8-12(11)22(16)21-15/h1-3,6-8H,4-5H2,(H2,18,19,20,21). The number of aromatic nitrogens is 4. The number of hydrogen-bond donors (Lipinski definition) is 2. The molecule has 24 heavy (non-hydrogen) atoms. The van der Waals surface area contributed by atoms with Crippen molar-refractivity contribution in [2.24, 2.45) is 0 Å². The van der Waals surface area contributed by atoms with Crippen molar-refractivity contribution in [2.75, 3.05) is 18.5 Å². The third kappa shape index (κ3) is 2.13. The van der Waals surface area contributed by atoms with E-state index < -0.39 is 0 Å². The van der Waals surface area contributed by atoms with Gasteiger partial charge in [-0.05, 0) is 18.2 Å². The second kappa shape index (κ2) is 5.04. The molecule has 0 aliphatic carbocycles. The highest BCUT2D eigenvalue weighted by atomic mass is 35.5. The van der Waals surface area contributed by atoms with Crippen molar-refractivity contribution in [3.05, 3.63) is 41.4 Å².